The van der Waals surface area contributed by atoms with Gasteiger partial charge in [-0.15, -0.1) is 0 Å². The van der Waals surface area contributed by atoms with Gasteiger partial charge in [0.15, 0.2) is 5.82 Å². The summed E-state index contributed by atoms with van der Waals surface area (Å²) in [5.74, 6) is -1.24. The highest BCUT2D eigenvalue weighted by molar-refractivity contribution is 6.35. The molecule has 0 aliphatic rings. The Hall–Kier alpha value is -4.30. The van der Waals surface area contributed by atoms with Crippen LogP contribution in [0.3, 0.4) is 0 Å². The van der Waals surface area contributed by atoms with E-state index in [1.165, 1.54) is 4.57 Å². The van der Waals surface area contributed by atoms with Crippen LogP contribution in [-0.4, -0.2) is 26.1 Å². The molecule has 5 N–H and O–H groups in total. The summed E-state index contributed by atoms with van der Waals surface area (Å²) in [5, 5.41) is 12.7. The molecule has 0 radical (unpaired) electrons. The van der Waals surface area contributed by atoms with Gasteiger partial charge >= 0.3 is 0 Å². The fourth-order valence-corrected chi connectivity index (χ4v) is 4.14. The quantitative estimate of drug-likeness (QED) is 0.339. The lowest BCUT2D eigenvalue weighted by molar-refractivity contribution is 0.522. The summed E-state index contributed by atoms with van der Waals surface area (Å²) < 4.78 is 29.2. The topological polar surface area (TPSA) is 149 Å². The van der Waals surface area contributed by atoms with Crippen LogP contribution in [0.5, 0.6) is 0 Å². The normalized spacial score (nSPS) is 11.9. The van der Waals surface area contributed by atoms with Gasteiger partial charge in [0.2, 0.25) is 5.95 Å². The van der Waals surface area contributed by atoms with Crippen molar-refractivity contribution in [3.05, 3.63) is 74.8 Å². The molecule has 1 atom stereocenters. The van der Waals surface area contributed by atoms with Crippen LogP contribution in [0, 0.1) is 28.9 Å². The van der Waals surface area contributed by atoms with Crippen molar-refractivity contribution >= 4 is 40.1 Å². The van der Waals surface area contributed by atoms with Crippen LogP contribution in [-0.2, 0) is 6.42 Å². The highest BCUT2D eigenvalue weighted by atomic mass is 35.5. The monoisotopic (exact) mass is 510 g/mol. The van der Waals surface area contributed by atoms with E-state index >= 15 is 0 Å². The van der Waals surface area contributed by atoms with Crippen molar-refractivity contribution in [2.24, 2.45) is 5.92 Å². The van der Waals surface area contributed by atoms with Gasteiger partial charge in [0, 0.05) is 19.0 Å². The maximum absolute atomic E-state index is 14.0. The fourth-order valence-electron chi connectivity index (χ4n) is 3.89. The van der Waals surface area contributed by atoms with Gasteiger partial charge in [-0.1, -0.05) is 24.6 Å². The predicted octanol–water partition coefficient (Wildman–Crippen LogP) is 3.82. The molecule has 0 amide bonds. The smallest absolute Gasteiger partial charge is 0.267 e. The average molecular weight is 511 g/mol. The van der Waals surface area contributed by atoms with Crippen LogP contribution in [0.1, 0.15) is 24.7 Å². The number of hydrogen-bond acceptors (Lipinski definition) is 8. The molecule has 0 aliphatic heterocycles. The third-order valence-electron chi connectivity index (χ3n) is 5.55. The molecule has 0 bridgehead atoms. The van der Waals surface area contributed by atoms with Gasteiger partial charge in [0.05, 0.1) is 21.6 Å². The van der Waals surface area contributed by atoms with E-state index in [0.29, 0.717) is 30.7 Å². The molecule has 184 valence electrons. The Morgan fingerprint density at radius 3 is 2.58 bits per heavy atom. The molecule has 2 aromatic carbocycles. The Kier molecular flexibility index (Phi) is 6.98. The number of nitriles is 1. The highest BCUT2D eigenvalue weighted by Crippen LogP contribution is 2.23. The van der Waals surface area contributed by atoms with Crippen molar-refractivity contribution in [1.29, 1.82) is 5.26 Å². The summed E-state index contributed by atoms with van der Waals surface area (Å²) in [6.45, 7) is 2.32. The number of nitrogen functional groups attached to an aromatic ring is 2. The first-order valence-electron chi connectivity index (χ1n) is 10.9. The zero-order valence-electron chi connectivity index (χ0n) is 19.1. The van der Waals surface area contributed by atoms with E-state index in [1.54, 1.807) is 18.2 Å². The van der Waals surface area contributed by atoms with Crippen LogP contribution in [0.2, 0.25) is 5.02 Å². The van der Waals surface area contributed by atoms with E-state index < -0.39 is 17.2 Å². The SMILES string of the molecule is CC(CCNc1nc(N)nc(N)c1C#N)Cc1nc2cccc(Cl)c2c(=O)n1-c1cc(F)cc(F)c1. The van der Waals surface area contributed by atoms with Crippen LogP contribution in [0.25, 0.3) is 16.6 Å². The van der Waals surface area contributed by atoms with Gasteiger partial charge in [0.1, 0.15) is 34.9 Å². The molecule has 2 heterocycles. The zero-order valence-corrected chi connectivity index (χ0v) is 19.9. The fraction of sp³-hybridized carbons (Fsp3) is 0.208. The Balaban J connectivity index is 1.65. The maximum atomic E-state index is 14.0. The molecular formula is C24H21ClF2N8O. The highest BCUT2D eigenvalue weighted by Gasteiger charge is 2.18. The van der Waals surface area contributed by atoms with Gasteiger partial charge in [-0.2, -0.15) is 15.2 Å². The molecule has 0 saturated carbocycles. The van der Waals surface area contributed by atoms with Gasteiger partial charge in [-0.3, -0.25) is 9.36 Å². The van der Waals surface area contributed by atoms with Crippen molar-refractivity contribution < 1.29 is 8.78 Å². The summed E-state index contributed by atoms with van der Waals surface area (Å²) in [6, 6.07) is 9.69. The molecular weight excluding hydrogens is 490 g/mol. The molecule has 2 aromatic heterocycles. The summed E-state index contributed by atoms with van der Waals surface area (Å²) in [7, 11) is 0. The zero-order chi connectivity index (χ0) is 26.0. The first-order valence-corrected chi connectivity index (χ1v) is 11.3. The predicted molar refractivity (Wildman–Crippen MR) is 134 cm³/mol. The van der Waals surface area contributed by atoms with E-state index in [2.05, 4.69) is 20.3 Å². The molecule has 0 saturated heterocycles. The van der Waals surface area contributed by atoms with E-state index in [-0.39, 0.29) is 45.2 Å². The van der Waals surface area contributed by atoms with E-state index in [4.69, 9.17) is 23.1 Å². The Bertz CT molecular complexity index is 1550. The van der Waals surface area contributed by atoms with Crippen LogP contribution >= 0.6 is 11.6 Å². The lowest BCUT2D eigenvalue weighted by Gasteiger charge is -2.18. The third kappa shape index (κ3) is 5.04. The van der Waals surface area contributed by atoms with Crippen LogP contribution in [0.15, 0.2) is 41.2 Å². The van der Waals surface area contributed by atoms with Gasteiger partial charge in [-0.05, 0) is 36.6 Å². The summed E-state index contributed by atoms with van der Waals surface area (Å²) in [4.78, 5) is 25.8. The van der Waals surface area contributed by atoms with E-state index in [0.717, 1.165) is 18.2 Å². The molecule has 0 spiro atoms. The number of rotatable bonds is 7. The number of anilines is 3. The average Bonchev–Trinajstić information content (AvgIpc) is 2.78. The molecule has 36 heavy (non-hydrogen) atoms. The van der Waals surface area contributed by atoms with Crippen molar-refractivity contribution in [1.82, 2.24) is 19.5 Å². The Labute approximate surface area is 209 Å². The minimum atomic E-state index is -0.823. The molecule has 0 fully saturated rings. The lowest BCUT2D eigenvalue weighted by Crippen LogP contribution is -2.26. The lowest BCUT2D eigenvalue weighted by atomic mass is 10.0. The number of aromatic nitrogens is 4. The molecule has 1 unspecified atom stereocenters. The summed E-state index contributed by atoms with van der Waals surface area (Å²) in [6.07, 6.45) is 0.867. The number of fused-ring (bicyclic) bond motifs is 1. The Morgan fingerprint density at radius 2 is 1.89 bits per heavy atom. The van der Waals surface area contributed by atoms with Crippen LogP contribution in [0.4, 0.5) is 26.4 Å². The molecule has 9 nitrogen and oxygen atoms in total. The number of hydrogen-bond donors (Lipinski definition) is 3. The Morgan fingerprint density at radius 1 is 1.17 bits per heavy atom. The molecule has 0 aliphatic carbocycles. The number of benzene rings is 2. The molecule has 12 heteroatoms. The van der Waals surface area contributed by atoms with Gasteiger partial charge in [-0.25, -0.2) is 13.8 Å². The number of nitrogens with two attached hydrogens (primary N) is 2. The second kappa shape index (κ2) is 10.1. The molecule has 4 rings (SSSR count). The van der Waals surface area contributed by atoms with E-state index in [9.17, 15) is 18.8 Å². The third-order valence-corrected chi connectivity index (χ3v) is 5.86. The first kappa shape index (κ1) is 24.8. The molecule has 4 aromatic rings. The van der Waals surface area contributed by atoms with Crippen molar-refractivity contribution in [2.45, 2.75) is 19.8 Å². The van der Waals surface area contributed by atoms with Crippen molar-refractivity contribution in [3.8, 4) is 11.8 Å². The van der Waals surface area contributed by atoms with E-state index in [1.807, 2.05) is 13.0 Å². The second-order valence-corrected chi connectivity index (χ2v) is 8.66. The maximum Gasteiger partial charge on any atom is 0.267 e. The first-order chi connectivity index (χ1) is 17.2. The van der Waals surface area contributed by atoms with Crippen LogP contribution < -0.4 is 22.3 Å². The number of nitrogens with one attached hydrogen (secondary N) is 1. The second-order valence-electron chi connectivity index (χ2n) is 8.26. The van der Waals surface area contributed by atoms with Crippen molar-refractivity contribution in [2.75, 3.05) is 23.3 Å². The number of nitrogens with zero attached hydrogens (tertiary/aromatic N) is 5. The largest absolute Gasteiger partial charge is 0.382 e. The summed E-state index contributed by atoms with van der Waals surface area (Å²) >= 11 is 6.26. The van der Waals surface area contributed by atoms with Gasteiger partial charge < -0.3 is 16.8 Å². The number of halogens is 3. The minimum absolute atomic E-state index is 0.0118. The van der Waals surface area contributed by atoms with Crippen molar-refractivity contribution in [3.63, 3.8) is 0 Å². The summed E-state index contributed by atoms with van der Waals surface area (Å²) in [5.41, 5.74) is 11.3. The standard InChI is InChI=1S/C24H21ClF2N8O/c1-12(5-6-31-22-16(11-28)21(29)33-24(30)34-22)7-19-32-18-4-2-3-17(25)20(18)23(36)35(19)15-9-13(26)8-14(27)10-15/h2-4,8-10,12H,5-7H2,1H3,(H5,29,30,31,33,34). The minimum Gasteiger partial charge on any atom is -0.382 e. The van der Waals surface area contributed by atoms with Gasteiger partial charge in [0.25, 0.3) is 5.56 Å².